The van der Waals surface area contributed by atoms with Crippen LogP contribution in [0.2, 0.25) is 0 Å². The number of hydrogen-bond donors (Lipinski definition) is 1. The second kappa shape index (κ2) is 7.30. The molecule has 0 amide bonds. The standard InChI is InChI=1S/C34H28N2O2/c1-20-13-15-21(16-14-20)27-19-36(2)34(26-11-6-8-22-7-5-10-25(29(22)26)31(34)37)33(27)18-17-24-23-9-3-4-12-28(23)35-30(24)32(33)38/h3-16,27,35H,17-19H2,1-2H3/t27-,33+,34-/m0/s1. The number of para-hydroxylation sites is 1. The molecule has 0 unspecified atom stereocenters. The van der Waals surface area contributed by atoms with Crippen LogP contribution in [0.5, 0.6) is 0 Å². The number of nitrogens with one attached hydrogen (secondary N) is 1. The van der Waals surface area contributed by atoms with Crippen molar-refractivity contribution in [2.24, 2.45) is 5.41 Å². The summed E-state index contributed by atoms with van der Waals surface area (Å²) in [7, 11) is 2.05. The van der Waals surface area contributed by atoms with Crippen LogP contribution in [-0.4, -0.2) is 35.0 Å². The average molecular weight is 497 g/mol. The Morgan fingerprint density at radius 2 is 1.63 bits per heavy atom. The van der Waals surface area contributed by atoms with Crippen LogP contribution < -0.4 is 0 Å². The summed E-state index contributed by atoms with van der Waals surface area (Å²) in [4.78, 5) is 35.7. The lowest BCUT2D eigenvalue weighted by atomic mass is 9.53. The second-order valence-electron chi connectivity index (χ2n) is 11.4. The predicted octanol–water partition coefficient (Wildman–Crippen LogP) is 6.57. The molecule has 1 aliphatic heterocycles. The van der Waals surface area contributed by atoms with E-state index in [0.717, 1.165) is 50.4 Å². The molecule has 3 aliphatic rings. The highest BCUT2D eigenvalue weighted by Gasteiger charge is 2.73. The molecule has 0 saturated carbocycles. The number of H-pyrrole nitrogens is 1. The van der Waals surface area contributed by atoms with Crippen LogP contribution in [0.3, 0.4) is 0 Å². The first-order valence-electron chi connectivity index (χ1n) is 13.5. The molecular weight excluding hydrogens is 468 g/mol. The number of Topliss-reactive ketones (excluding diaryl/α,β-unsaturated/α-hetero) is 2. The zero-order valence-electron chi connectivity index (χ0n) is 21.5. The van der Waals surface area contributed by atoms with Gasteiger partial charge in [-0.05, 0) is 60.3 Å². The van der Waals surface area contributed by atoms with Gasteiger partial charge in [0.05, 0.1) is 11.1 Å². The topological polar surface area (TPSA) is 53.2 Å². The van der Waals surface area contributed by atoms with Crippen LogP contribution in [-0.2, 0) is 12.0 Å². The number of fused-ring (bicyclic) bond motifs is 5. The van der Waals surface area contributed by atoms with Crippen molar-refractivity contribution in [3.8, 4) is 0 Å². The fourth-order valence-electron chi connectivity index (χ4n) is 8.31. The Morgan fingerprint density at radius 1 is 0.868 bits per heavy atom. The fourth-order valence-corrected chi connectivity index (χ4v) is 8.31. The Hall–Kier alpha value is -4.02. The number of carbonyl (C=O) groups is 2. The van der Waals surface area contributed by atoms with Gasteiger partial charge in [0.15, 0.2) is 11.6 Å². The van der Waals surface area contributed by atoms with Gasteiger partial charge in [-0.1, -0.05) is 84.4 Å². The Bertz CT molecular complexity index is 1830. The first-order chi connectivity index (χ1) is 18.5. The third-order valence-corrected chi connectivity index (χ3v) is 9.83. The smallest absolute Gasteiger partial charge is 0.189 e. The van der Waals surface area contributed by atoms with Gasteiger partial charge in [0.1, 0.15) is 5.54 Å². The van der Waals surface area contributed by atoms with Crippen LogP contribution in [0.25, 0.3) is 21.7 Å². The average Bonchev–Trinajstić information content (AvgIpc) is 3.53. The summed E-state index contributed by atoms with van der Waals surface area (Å²) < 4.78 is 0. The maximum atomic E-state index is 15.2. The van der Waals surface area contributed by atoms with E-state index >= 15 is 4.79 Å². The minimum absolute atomic E-state index is 0.0642. The van der Waals surface area contributed by atoms with Gasteiger partial charge in [0.2, 0.25) is 0 Å². The van der Waals surface area contributed by atoms with Crippen molar-refractivity contribution in [1.29, 1.82) is 0 Å². The zero-order chi connectivity index (χ0) is 25.8. The van der Waals surface area contributed by atoms with Crippen molar-refractivity contribution in [2.75, 3.05) is 13.6 Å². The van der Waals surface area contributed by atoms with E-state index in [2.05, 4.69) is 65.3 Å². The molecule has 0 radical (unpaired) electrons. The number of hydrogen-bond acceptors (Lipinski definition) is 3. The highest BCUT2D eigenvalue weighted by Crippen LogP contribution is 2.67. The molecule has 1 saturated heterocycles. The maximum absolute atomic E-state index is 15.2. The van der Waals surface area contributed by atoms with Crippen molar-refractivity contribution in [1.82, 2.24) is 9.88 Å². The van der Waals surface area contributed by atoms with Crippen molar-refractivity contribution in [3.05, 3.63) is 118 Å². The van der Waals surface area contributed by atoms with E-state index in [4.69, 9.17) is 0 Å². The first kappa shape index (κ1) is 22.0. The van der Waals surface area contributed by atoms with E-state index < -0.39 is 11.0 Å². The molecule has 2 spiro atoms. The van der Waals surface area contributed by atoms with Crippen molar-refractivity contribution < 1.29 is 9.59 Å². The van der Waals surface area contributed by atoms with Gasteiger partial charge in [0, 0.05) is 28.9 Å². The molecule has 5 aromatic rings. The van der Waals surface area contributed by atoms with Crippen molar-refractivity contribution in [3.63, 3.8) is 0 Å². The Morgan fingerprint density at radius 3 is 2.45 bits per heavy atom. The van der Waals surface area contributed by atoms with Crippen LogP contribution in [0.4, 0.5) is 0 Å². The lowest BCUT2D eigenvalue weighted by Crippen LogP contribution is -2.59. The number of carbonyl (C=O) groups excluding carboxylic acids is 2. The third-order valence-electron chi connectivity index (χ3n) is 9.83. The molecule has 1 N–H and O–H groups in total. The van der Waals surface area contributed by atoms with Crippen LogP contribution >= 0.6 is 0 Å². The Labute approximate surface area is 221 Å². The van der Waals surface area contributed by atoms with Crippen molar-refractivity contribution in [2.45, 2.75) is 31.2 Å². The molecule has 4 heteroatoms. The maximum Gasteiger partial charge on any atom is 0.189 e. The van der Waals surface area contributed by atoms with Crippen LogP contribution in [0.15, 0.2) is 84.9 Å². The summed E-state index contributed by atoms with van der Waals surface area (Å²) in [6, 6.07) is 29.0. The molecule has 1 aromatic heterocycles. The molecule has 1 fully saturated rings. The van der Waals surface area contributed by atoms with E-state index in [-0.39, 0.29) is 17.5 Å². The van der Waals surface area contributed by atoms with Gasteiger partial charge >= 0.3 is 0 Å². The number of nitrogens with zero attached hydrogens (tertiary/aromatic N) is 1. The quantitative estimate of drug-likeness (QED) is 0.286. The highest BCUT2D eigenvalue weighted by molar-refractivity contribution is 6.24. The lowest BCUT2D eigenvalue weighted by Gasteiger charge is -2.48. The number of aryl methyl sites for hydroxylation is 2. The molecule has 3 atom stereocenters. The largest absolute Gasteiger partial charge is 0.352 e. The highest BCUT2D eigenvalue weighted by atomic mass is 16.1. The fraction of sp³-hybridized carbons (Fsp3) is 0.235. The van der Waals surface area contributed by atoms with Gasteiger partial charge < -0.3 is 4.98 Å². The van der Waals surface area contributed by atoms with E-state index in [1.54, 1.807) is 0 Å². The van der Waals surface area contributed by atoms with Crippen molar-refractivity contribution >= 4 is 33.2 Å². The van der Waals surface area contributed by atoms with E-state index in [9.17, 15) is 4.79 Å². The molecule has 2 aliphatic carbocycles. The number of likely N-dealkylation sites (N-methyl/N-ethyl adjacent to an activating group) is 1. The van der Waals surface area contributed by atoms with Gasteiger partial charge in [-0.15, -0.1) is 0 Å². The summed E-state index contributed by atoms with van der Waals surface area (Å²) in [5.74, 6) is 0.0195. The summed E-state index contributed by atoms with van der Waals surface area (Å²) in [6.45, 7) is 2.72. The van der Waals surface area contributed by atoms with Gasteiger partial charge in [-0.25, -0.2) is 0 Å². The first-order valence-corrected chi connectivity index (χ1v) is 13.5. The van der Waals surface area contributed by atoms with Gasteiger partial charge in [0.25, 0.3) is 0 Å². The van der Waals surface area contributed by atoms with Gasteiger partial charge in [-0.2, -0.15) is 0 Å². The number of likely N-dealkylation sites (tertiary alicyclic amines) is 1. The molecule has 2 heterocycles. The monoisotopic (exact) mass is 496 g/mol. The summed E-state index contributed by atoms with van der Waals surface area (Å²) in [6.07, 6.45) is 1.38. The molecule has 0 bridgehead atoms. The number of aromatic amines is 1. The Balaban J connectivity index is 1.46. The van der Waals surface area contributed by atoms with E-state index in [1.807, 2.05) is 43.4 Å². The summed E-state index contributed by atoms with van der Waals surface area (Å²) in [5.41, 5.74) is 4.80. The summed E-state index contributed by atoms with van der Waals surface area (Å²) >= 11 is 0. The SMILES string of the molecule is Cc1ccc([C@@H]2CN(C)[C@@]3(C(=O)c4cccc5cccc3c45)[C@]23CCc2c([nH]c4ccccc24)C3=O)cc1. The van der Waals surface area contributed by atoms with E-state index in [0.29, 0.717) is 18.7 Å². The number of aromatic nitrogens is 1. The number of ketones is 2. The minimum Gasteiger partial charge on any atom is -0.352 e. The number of benzene rings is 4. The second-order valence-corrected chi connectivity index (χ2v) is 11.4. The Kier molecular flexibility index (Phi) is 4.23. The summed E-state index contributed by atoms with van der Waals surface area (Å²) in [5, 5.41) is 3.18. The molecular formula is C34H28N2O2. The number of rotatable bonds is 1. The predicted molar refractivity (Wildman–Crippen MR) is 150 cm³/mol. The van der Waals surface area contributed by atoms with Crippen LogP contribution in [0.1, 0.15) is 55.4 Å². The van der Waals surface area contributed by atoms with Gasteiger partial charge in [-0.3, -0.25) is 14.5 Å². The molecule has 4 aromatic carbocycles. The zero-order valence-corrected chi connectivity index (χ0v) is 21.5. The van der Waals surface area contributed by atoms with E-state index in [1.165, 1.54) is 5.56 Å². The molecule has 38 heavy (non-hydrogen) atoms. The molecule has 8 rings (SSSR count). The lowest BCUT2D eigenvalue weighted by molar-refractivity contribution is 0.0262. The third kappa shape index (κ3) is 2.36. The van der Waals surface area contributed by atoms with Crippen LogP contribution in [0, 0.1) is 12.3 Å². The molecule has 186 valence electrons. The minimum atomic E-state index is -1.06. The molecule has 4 nitrogen and oxygen atoms in total. The normalized spacial score (nSPS) is 26.3.